The summed E-state index contributed by atoms with van der Waals surface area (Å²) in [6.07, 6.45) is 11.2. The largest absolute Gasteiger partial charge is 0.459 e. The fourth-order valence-corrected chi connectivity index (χ4v) is 5.73. The third kappa shape index (κ3) is 14.1. The van der Waals surface area contributed by atoms with Gasteiger partial charge in [-0.05, 0) is 115 Å². The molecule has 278 valence electrons. The Morgan fingerprint density at radius 2 is 1.35 bits per heavy atom. The van der Waals surface area contributed by atoms with E-state index >= 15 is 0 Å². The molecule has 1 atom stereocenters. The molecule has 1 N–H and O–H groups in total. The van der Waals surface area contributed by atoms with E-state index in [0.717, 1.165) is 83.0 Å². The van der Waals surface area contributed by atoms with Gasteiger partial charge in [0.25, 0.3) is 0 Å². The van der Waals surface area contributed by atoms with Crippen molar-refractivity contribution in [3.05, 3.63) is 94.8 Å². The van der Waals surface area contributed by atoms with Crippen molar-refractivity contribution in [1.82, 2.24) is 15.3 Å². The van der Waals surface area contributed by atoms with Crippen LogP contribution in [0.5, 0.6) is 0 Å². The van der Waals surface area contributed by atoms with Gasteiger partial charge >= 0.3 is 11.9 Å². The summed E-state index contributed by atoms with van der Waals surface area (Å²) in [6.45, 7) is 22.0. The first-order chi connectivity index (χ1) is 24.5. The fourth-order valence-electron chi connectivity index (χ4n) is 5.73. The molecular formula is C42H61N5O4. The molecule has 0 aliphatic carbocycles. The third-order valence-electron chi connectivity index (χ3n) is 8.67. The lowest BCUT2D eigenvalue weighted by Crippen LogP contribution is -2.24. The quantitative estimate of drug-likeness (QED) is 0.148. The number of allylic oxidation sites excluding steroid dienone is 2. The van der Waals surface area contributed by atoms with E-state index in [4.69, 9.17) is 9.47 Å². The van der Waals surface area contributed by atoms with E-state index in [1.54, 1.807) is 36.7 Å². The average Bonchev–Trinajstić information content (AvgIpc) is 3.83. The van der Waals surface area contributed by atoms with Crippen molar-refractivity contribution in [2.24, 2.45) is 5.92 Å². The zero-order chi connectivity index (χ0) is 37.2. The number of aromatic nitrogens is 2. The Bertz CT molecular complexity index is 1520. The summed E-state index contributed by atoms with van der Waals surface area (Å²) in [4.78, 5) is 36.9. The number of esters is 2. The predicted molar refractivity (Wildman–Crippen MR) is 209 cm³/mol. The van der Waals surface area contributed by atoms with Crippen LogP contribution in [-0.4, -0.2) is 66.8 Å². The lowest BCUT2D eigenvalue weighted by atomic mass is 10.1. The van der Waals surface area contributed by atoms with Crippen molar-refractivity contribution >= 4 is 23.6 Å². The van der Waals surface area contributed by atoms with E-state index in [-0.39, 0.29) is 24.1 Å². The summed E-state index contributed by atoms with van der Waals surface area (Å²) in [5, 5.41) is 3.33. The van der Waals surface area contributed by atoms with Gasteiger partial charge in [0.1, 0.15) is 22.8 Å². The van der Waals surface area contributed by atoms with Crippen LogP contribution >= 0.6 is 0 Å². The van der Waals surface area contributed by atoms with Crippen molar-refractivity contribution in [3.63, 3.8) is 0 Å². The molecule has 4 heterocycles. The highest BCUT2D eigenvalue weighted by atomic mass is 16.5. The molecule has 2 saturated heterocycles. The number of pyridine rings is 2. The minimum atomic E-state index is -0.285. The van der Waals surface area contributed by atoms with Crippen LogP contribution in [0.4, 0.5) is 11.6 Å². The molecular weight excluding hydrogens is 638 g/mol. The molecule has 9 heteroatoms. The van der Waals surface area contributed by atoms with Crippen LogP contribution < -0.4 is 15.1 Å². The Morgan fingerprint density at radius 1 is 0.824 bits per heavy atom. The maximum absolute atomic E-state index is 12.0. The number of hydrogen-bond donors (Lipinski definition) is 1. The highest BCUT2D eigenvalue weighted by Gasteiger charge is 2.25. The Hall–Kier alpha value is -4.24. The molecule has 9 nitrogen and oxygen atoms in total. The molecule has 51 heavy (non-hydrogen) atoms. The molecule has 1 aromatic carbocycles. The first kappa shape index (κ1) is 41.2. The van der Waals surface area contributed by atoms with Crippen molar-refractivity contribution in [2.45, 2.75) is 106 Å². The SMILES string of the molecule is CC(C)OC(=O)c1cccnc1N1CCCC1.CC(C)OC(=O)c1cccnc1N1CC[C@@H](C)C1.CCNCc1ccc(C/C=C(\C)CC)cc1. The summed E-state index contributed by atoms with van der Waals surface area (Å²) in [6, 6.07) is 16.0. The van der Waals surface area contributed by atoms with E-state index in [9.17, 15) is 9.59 Å². The van der Waals surface area contributed by atoms with Gasteiger partial charge in [-0.25, -0.2) is 19.6 Å². The molecule has 2 aromatic heterocycles. The number of carbonyl (C=O) groups is 2. The van der Waals surface area contributed by atoms with Gasteiger partial charge in [-0.3, -0.25) is 0 Å². The van der Waals surface area contributed by atoms with Crippen LogP contribution in [-0.2, 0) is 22.4 Å². The van der Waals surface area contributed by atoms with Gasteiger partial charge in [0.05, 0.1) is 12.2 Å². The van der Waals surface area contributed by atoms with Crippen LogP contribution in [0.2, 0.25) is 0 Å². The molecule has 0 spiro atoms. The summed E-state index contributed by atoms with van der Waals surface area (Å²) in [7, 11) is 0. The first-order valence-corrected chi connectivity index (χ1v) is 18.8. The van der Waals surface area contributed by atoms with Gasteiger partial charge in [0, 0.05) is 45.1 Å². The van der Waals surface area contributed by atoms with Gasteiger partial charge in [-0.1, -0.05) is 56.7 Å². The molecule has 3 aromatic rings. The van der Waals surface area contributed by atoms with Gasteiger partial charge in [-0.2, -0.15) is 0 Å². The Balaban J connectivity index is 0.000000207. The third-order valence-corrected chi connectivity index (χ3v) is 8.67. The maximum atomic E-state index is 12.0. The second-order valence-corrected chi connectivity index (χ2v) is 13.9. The van der Waals surface area contributed by atoms with Crippen LogP contribution in [0.25, 0.3) is 0 Å². The molecule has 0 unspecified atom stereocenters. The summed E-state index contributed by atoms with van der Waals surface area (Å²) < 4.78 is 10.5. The van der Waals surface area contributed by atoms with Crippen molar-refractivity contribution < 1.29 is 19.1 Å². The fraction of sp³-hybridized carbons (Fsp3) is 0.524. The molecule has 0 bridgehead atoms. The van der Waals surface area contributed by atoms with Crippen LogP contribution in [0.15, 0.2) is 72.6 Å². The monoisotopic (exact) mass is 699 g/mol. The average molecular weight is 700 g/mol. The van der Waals surface area contributed by atoms with Crippen LogP contribution in [0, 0.1) is 5.92 Å². The molecule has 0 radical (unpaired) electrons. The number of hydrogen-bond acceptors (Lipinski definition) is 9. The van der Waals surface area contributed by atoms with Crippen molar-refractivity contribution in [3.8, 4) is 0 Å². The smallest absolute Gasteiger partial charge is 0.342 e. The number of ether oxygens (including phenoxy) is 2. The number of nitrogens with zero attached hydrogens (tertiary/aromatic N) is 4. The predicted octanol–water partition coefficient (Wildman–Crippen LogP) is 8.43. The zero-order valence-electron chi connectivity index (χ0n) is 32.3. The lowest BCUT2D eigenvalue weighted by molar-refractivity contribution is 0.0367. The molecule has 2 fully saturated rings. The minimum Gasteiger partial charge on any atom is -0.459 e. The van der Waals surface area contributed by atoms with E-state index in [1.807, 2.05) is 27.7 Å². The zero-order valence-corrected chi connectivity index (χ0v) is 32.3. The Kier molecular flexibility index (Phi) is 17.7. The summed E-state index contributed by atoms with van der Waals surface area (Å²) in [5.41, 5.74) is 5.37. The van der Waals surface area contributed by atoms with E-state index in [0.29, 0.717) is 17.0 Å². The lowest BCUT2D eigenvalue weighted by Gasteiger charge is -2.20. The molecule has 5 rings (SSSR count). The normalized spacial score (nSPS) is 15.6. The molecule has 2 aliphatic rings. The molecule has 0 saturated carbocycles. The molecule has 0 amide bonds. The van der Waals surface area contributed by atoms with Gasteiger partial charge in [-0.15, -0.1) is 0 Å². The number of carbonyl (C=O) groups excluding carboxylic acids is 2. The summed E-state index contributed by atoms with van der Waals surface area (Å²) >= 11 is 0. The van der Waals surface area contributed by atoms with Crippen LogP contribution in [0.1, 0.15) is 113 Å². The second kappa shape index (κ2) is 21.9. The topological polar surface area (TPSA) is 96.9 Å². The number of anilines is 2. The second-order valence-electron chi connectivity index (χ2n) is 13.9. The van der Waals surface area contributed by atoms with Crippen LogP contribution in [0.3, 0.4) is 0 Å². The van der Waals surface area contributed by atoms with Gasteiger partial charge in [0.15, 0.2) is 0 Å². The maximum Gasteiger partial charge on any atom is 0.342 e. The van der Waals surface area contributed by atoms with Crippen molar-refractivity contribution in [1.29, 1.82) is 0 Å². The highest BCUT2D eigenvalue weighted by Crippen LogP contribution is 2.26. The number of benzene rings is 1. The Morgan fingerprint density at radius 3 is 1.82 bits per heavy atom. The van der Waals surface area contributed by atoms with Crippen molar-refractivity contribution in [2.75, 3.05) is 42.5 Å². The summed E-state index contributed by atoms with van der Waals surface area (Å²) in [5.74, 6) is 1.60. The van der Waals surface area contributed by atoms with E-state index < -0.39 is 0 Å². The standard InChI is InChI=1S/C15H23N.C14H20N2O2.C13H18N2O2/c1-4-13(3)6-7-14-8-10-15(11-9-14)12-16-5-2;1-10(2)18-14(17)12-5-4-7-15-13(12)16-8-6-11(3)9-16;1-10(2)17-13(16)11-6-5-7-14-12(11)15-8-3-4-9-15/h6,8-11,16H,4-5,7,12H2,1-3H3;4-5,7,10-11H,6,8-9H2,1-3H3;5-7,10H,3-4,8-9H2,1-2H3/b13-6+;;/t;11-;/m.1./s1. The molecule has 2 aliphatic heterocycles. The van der Waals surface area contributed by atoms with E-state index in [2.05, 4.69) is 83.1 Å². The van der Waals surface area contributed by atoms with E-state index in [1.165, 1.54) is 16.7 Å². The number of rotatable bonds is 12. The number of nitrogens with one attached hydrogen (secondary N) is 1. The van der Waals surface area contributed by atoms with Gasteiger partial charge < -0.3 is 24.6 Å². The first-order valence-electron chi connectivity index (χ1n) is 18.8. The highest BCUT2D eigenvalue weighted by molar-refractivity contribution is 5.95. The Labute approximate surface area is 306 Å². The van der Waals surface area contributed by atoms with Gasteiger partial charge in [0.2, 0.25) is 0 Å². The minimum absolute atomic E-state index is 0.103.